The van der Waals surface area contributed by atoms with Crippen LogP contribution < -0.4 is 11.1 Å². The van der Waals surface area contributed by atoms with Gasteiger partial charge in [-0.25, -0.2) is 13.8 Å². The second kappa shape index (κ2) is 4.17. The summed E-state index contributed by atoms with van der Waals surface area (Å²) in [5.41, 5.74) is 5.38. The molecular weight excluding hydrogens is 190 g/mol. The Labute approximate surface area is 80.6 Å². The van der Waals surface area contributed by atoms with Crippen molar-refractivity contribution in [2.45, 2.75) is 19.3 Å². The highest BCUT2D eigenvalue weighted by molar-refractivity contribution is 5.34. The molecule has 0 aliphatic carbocycles. The lowest BCUT2D eigenvalue weighted by molar-refractivity contribution is 0.0166. The maximum atomic E-state index is 12.4. The molecular formula is C8H12F2N4. The van der Waals surface area contributed by atoms with Gasteiger partial charge in [0.1, 0.15) is 5.82 Å². The smallest absolute Gasteiger partial charge is 0.247 e. The van der Waals surface area contributed by atoms with Crippen LogP contribution in [-0.4, -0.2) is 22.4 Å². The maximum Gasteiger partial charge on any atom is 0.247 e. The van der Waals surface area contributed by atoms with Crippen LogP contribution in [0.1, 0.15) is 13.3 Å². The molecule has 0 fully saturated rings. The molecule has 1 aromatic heterocycles. The van der Waals surface area contributed by atoms with E-state index in [0.29, 0.717) is 5.82 Å². The molecule has 14 heavy (non-hydrogen) atoms. The van der Waals surface area contributed by atoms with Crippen LogP contribution in [0.15, 0.2) is 12.3 Å². The molecule has 3 N–H and O–H groups in total. The Kier molecular flexibility index (Phi) is 3.16. The molecule has 1 aromatic rings. The van der Waals surface area contributed by atoms with Gasteiger partial charge in [0.05, 0.1) is 0 Å². The second-order valence-electron chi connectivity index (χ2n) is 3.05. The molecule has 0 bridgehead atoms. The first-order chi connectivity index (χ1) is 6.47. The van der Waals surface area contributed by atoms with Crippen LogP contribution >= 0.6 is 0 Å². The number of anilines is 2. The number of nitrogens with one attached hydrogen (secondary N) is 1. The van der Waals surface area contributed by atoms with Gasteiger partial charge in [-0.15, -0.1) is 0 Å². The lowest BCUT2D eigenvalue weighted by Crippen LogP contribution is -2.17. The molecule has 0 saturated heterocycles. The zero-order valence-corrected chi connectivity index (χ0v) is 7.80. The molecule has 0 spiro atoms. The lowest BCUT2D eigenvalue weighted by Gasteiger charge is -2.10. The number of hydrogen-bond acceptors (Lipinski definition) is 4. The standard InChI is InChI=1S/C8H12F2N4/c1-8(9,10)3-5-13-7-12-4-2-6(11)14-7/h2,4H,3,5H2,1H3,(H3,11,12,13,14). The molecule has 0 atom stereocenters. The van der Waals surface area contributed by atoms with Crippen LogP contribution in [0, 0.1) is 0 Å². The number of hydrogen-bond donors (Lipinski definition) is 2. The number of nitrogens with two attached hydrogens (primary N) is 1. The highest BCUT2D eigenvalue weighted by Crippen LogP contribution is 2.16. The van der Waals surface area contributed by atoms with Gasteiger partial charge in [-0.05, 0) is 13.0 Å². The van der Waals surface area contributed by atoms with Crippen molar-refractivity contribution in [3.63, 3.8) is 0 Å². The van der Waals surface area contributed by atoms with E-state index < -0.39 is 5.92 Å². The van der Waals surface area contributed by atoms with Crippen LogP contribution in [-0.2, 0) is 0 Å². The summed E-state index contributed by atoms with van der Waals surface area (Å²) in [6.45, 7) is 0.988. The zero-order valence-electron chi connectivity index (χ0n) is 7.80. The van der Waals surface area contributed by atoms with Crippen molar-refractivity contribution in [3.8, 4) is 0 Å². The van der Waals surface area contributed by atoms with Crippen molar-refractivity contribution >= 4 is 11.8 Å². The maximum absolute atomic E-state index is 12.4. The number of alkyl halides is 2. The Hall–Kier alpha value is -1.46. The Morgan fingerprint density at radius 1 is 1.57 bits per heavy atom. The van der Waals surface area contributed by atoms with E-state index in [1.807, 2.05) is 0 Å². The molecule has 6 heteroatoms. The lowest BCUT2D eigenvalue weighted by atomic mass is 10.3. The summed E-state index contributed by atoms with van der Waals surface area (Å²) < 4.78 is 24.8. The first-order valence-corrected chi connectivity index (χ1v) is 4.17. The average Bonchev–Trinajstić information content (AvgIpc) is 2.01. The molecule has 0 aliphatic heterocycles. The van der Waals surface area contributed by atoms with Crippen LogP contribution in [0.3, 0.4) is 0 Å². The third-order valence-corrected chi connectivity index (χ3v) is 1.52. The highest BCUT2D eigenvalue weighted by atomic mass is 19.3. The van der Waals surface area contributed by atoms with Gasteiger partial charge in [0, 0.05) is 19.2 Å². The molecule has 4 nitrogen and oxygen atoms in total. The predicted molar refractivity (Wildman–Crippen MR) is 50.2 cm³/mol. The van der Waals surface area contributed by atoms with Gasteiger partial charge in [-0.2, -0.15) is 4.98 Å². The number of nitrogen functional groups attached to an aromatic ring is 1. The summed E-state index contributed by atoms with van der Waals surface area (Å²) in [6.07, 6.45) is 1.21. The van der Waals surface area contributed by atoms with E-state index >= 15 is 0 Å². The van der Waals surface area contributed by atoms with Crippen molar-refractivity contribution in [1.29, 1.82) is 0 Å². The van der Waals surface area contributed by atoms with Crippen molar-refractivity contribution in [2.24, 2.45) is 0 Å². The van der Waals surface area contributed by atoms with Crippen LogP contribution in [0.25, 0.3) is 0 Å². The van der Waals surface area contributed by atoms with Gasteiger partial charge in [0.2, 0.25) is 11.9 Å². The third kappa shape index (κ3) is 3.97. The van der Waals surface area contributed by atoms with Gasteiger partial charge >= 0.3 is 0 Å². The van der Waals surface area contributed by atoms with Gasteiger partial charge in [-0.3, -0.25) is 0 Å². The largest absolute Gasteiger partial charge is 0.384 e. The molecule has 0 aliphatic rings. The molecule has 0 aromatic carbocycles. The predicted octanol–water partition coefficient (Wildman–Crippen LogP) is 1.52. The zero-order chi connectivity index (χ0) is 10.6. The molecule has 1 heterocycles. The Morgan fingerprint density at radius 2 is 2.29 bits per heavy atom. The molecule has 0 radical (unpaired) electrons. The van der Waals surface area contributed by atoms with Crippen molar-refractivity contribution in [3.05, 3.63) is 12.3 Å². The van der Waals surface area contributed by atoms with Gasteiger partial charge in [0.25, 0.3) is 0 Å². The highest BCUT2D eigenvalue weighted by Gasteiger charge is 2.19. The minimum absolute atomic E-state index is 0.118. The van der Waals surface area contributed by atoms with Crippen LogP contribution in [0.5, 0.6) is 0 Å². The minimum atomic E-state index is -2.67. The van der Waals surface area contributed by atoms with Gasteiger partial charge in [-0.1, -0.05) is 0 Å². The Morgan fingerprint density at radius 3 is 2.86 bits per heavy atom. The van der Waals surface area contributed by atoms with Crippen molar-refractivity contribution < 1.29 is 8.78 Å². The summed E-state index contributed by atoms with van der Waals surface area (Å²) in [4.78, 5) is 7.62. The Balaban J connectivity index is 2.39. The Bertz CT molecular complexity index is 298. The number of halogens is 2. The quantitative estimate of drug-likeness (QED) is 0.776. The molecule has 0 amide bonds. The topological polar surface area (TPSA) is 63.8 Å². The molecule has 0 unspecified atom stereocenters. The fourth-order valence-corrected chi connectivity index (χ4v) is 0.852. The van der Waals surface area contributed by atoms with E-state index in [1.165, 1.54) is 12.3 Å². The number of rotatable bonds is 4. The first kappa shape index (κ1) is 10.6. The SMILES string of the molecule is CC(F)(F)CCNc1nccc(N)n1. The van der Waals surface area contributed by atoms with E-state index in [2.05, 4.69) is 15.3 Å². The summed E-state index contributed by atoms with van der Waals surface area (Å²) in [5, 5.41) is 2.66. The first-order valence-electron chi connectivity index (χ1n) is 4.17. The van der Waals surface area contributed by atoms with Gasteiger partial charge < -0.3 is 11.1 Å². The summed E-state index contributed by atoms with van der Waals surface area (Å²) >= 11 is 0. The molecule has 0 saturated carbocycles. The monoisotopic (exact) mass is 202 g/mol. The molecule has 1 rings (SSSR count). The van der Waals surface area contributed by atoms with E-state index in [0.717, 1.165) is 6.92 Å². The van der Waals surface area contributed by atoms with E-state index in [9.17, 15) is 8.78 Å². The third-order valence-electron chi connectivity index (χ3n) is 1.52. The van der Waals surface area contributed by atoms with Gasteiger partial charge in [0.15, 0.2) is 0 Å². The summed E-state index contributed by atoms with van der Waals surface area (Å²) in [7, 11) is 0. The fourth-order valence-electron chi connectivity index (χ4n) is 0.852. The normalized spacial score (nSPS) is 11.4. The van der Waals surface area contributed by atoms with Crippen LogP contribution in [0.4, 0.5) is 20.5 Å². The summed E-state index contributed by atoms with van der Waals surface area (Å²) in [5.74, 6) is -2.09. The minimum Gasteiger partial charge on any atom is -0.384 e. The van der Waals surface area contributed by atoms with Crippen LogP contribution in [0.2, 0.25) is 0 Å². The second-order valence-corrected chi connectivity index (χ2v) is 3.05. The van der Waals surface area contributed by atoms with Crippen molar-refractivity contribution in [1.82, 2.24) is 9.97 Å². The number of nitrogens with zero attached hydrogens (tertiary/aromatic N) is 2. The average molecular weight is 202 g/mol. The summed E-state index contributed by atoms with van der Waals surface area (Å²) in [6, 6.07) is 1.53. The fraction of sp³-hybridized carbons (Fsp3) is 0.500. The van der Waals surface area contributed by atoms with E-state index in [1.54, 1.807) is 0 Å². The van der Waals surface area contributed by atoms with E-state index in [4.69, 9.17) is 5.73 Å². The number of aromatic nitrogens is 2. The molecule has 78 valence electrons. The van der Waals surface area contributed by atoms with Crippen molar-refractivity contribution in [2.75, 3.05) is 17.6 Å². The van der Waals surface area contributed by atoms with E-state index in [-0.39, 0.29) is 18.9 Å².